The van der Waals surface area contributed by atoms with Crippen molar-refractivity contribution in [3.05, 3.63) is 53.9 Å². The molecule has 1 saturated heterocycles. The van der Waals surface area contributed by atoms with Crippen LogP contribution in [0.25, 0.3) is 0 Å². The minimum atomic E-state index is -4.70. The molecule has 1 N–H and O–H groups in total. The van der Waals surface area contributed by atoms with E-state index in [1.165, 1.54) is 18.3 Å². The maximum Gasteiger partial charge on any atom is 0.573 e. The molecule has 0 radical (unpaired) electrons. The standard InChI is InChI=1S/C19H18F3N3O3/c20-19(21,22)28-15-3-1-14(2-4-15)24-11-18(6-7-18)25(12-24)10-13-5-8-23-16(9-13)17(26)27/h1-5,8-9H,6-7,10-12H2,(H,26,27). The van der Waals surface area contributed by atoms with E-state index in [9.17, 15) is 18.0 Å². The summed E-state index contributed by atoms with van der Waals surface area (Å²) < 4.78 is 40.8. The van der Waals surface area contributed by atoms with Gasteiger partial charge in [0.2, 0.25) is 0 Å². The van der Waals surface area contributed by atoms with E-state index >= 15 is 0 Å². The first-order valence-corrected chi connectivity index (χ1v) is 8.78. The van der Waals surface area contributed by atoms with E-state index in [0.29, 0.717) is 13.2 Å². The Labute approximate surface area is 159 Å². The minimum absolute atomic E-state index is 0.0126. The summed E-state index contributed by atoms with van der Waals surface area (Å²) in [6.45, 7) is 1.99. The molecule has 6 nitrogen and oxygen atoms in total. The molecule has 9 heteroatoms. The topological polar surface area (TPSA) is 65.9 Å². The Bertz CT molecular complexity index is 882. The van der Waals surface area contributed by atoms with E-state index in [4.69, 9.17) is 5.11 Å². The largest absolute Gasteiger partial charge is 0.573 e. The predicted octanol–water partition coefficient (Wildman–Crippen LogP) is 3.49. The Kier molecular flexibility index (Phi) is 4.41. The number of alkyl halides is 3. The molecular weight excluding hydrogens is 375 g/mol. The number of carboxylic acid groups (broad SMARTS) is 1. The van der Waals surface area contributed by atoms with Crippen LogP contribution in [0.2, 0.25) is 0 Å². The third-order valence-corrected chi connectivity index (χ3v) is 5.18. The number of nitrogens with zero attached hydrogens (tertiary/aromatic N) is 3. The summed E-state index contributed by atoms with van der Waals surface area (Å²) in [6.07, 6.45) is -1.14. The van der Waals surface area contributed by atoms with Crippen molar-refractivity contribution in [3.63, 3.8) is 0 Å². The van der Waals surface area contributed by atoms with E-state index in [2.05, 4.69) is 19.5 Å². The summed E-state index contributed by atoms with van der Waals surface area (Å²) in [7, 11) is 0. The normalized spacial score (nSPS) is 18.5. The fourth-order valence-electron chi connectivity index (χ4n) is 3.64. The van der Waals surface area contributed by atoms with Crippen LogP contribution in [0, 0.1) is 0 Å². The van der Waals surface area contributed by atoms with Gasteiger partial charge in [-0.3, -0.25) is 4.90 Å². The van der Waals surface area contributed by atoms with Crippen molar-refractivity contribution in [3.8, 4) is 5.75 Å². The number of benzene rings is 1. The molecule has 2 heterocycles. The molecule has 2 aliphatic rings. The van der Waals surface area contributed by atoms with Gasteiger partial charge in [0.1, 0.15) is 11.4 Å². The number of ether oxygens (including phenoxy) is 1. The number of halogens is 3. The van der Waals surface area contributed by atoms with Crippen molar-refractivity contribution in [1.82, 2.24) is 9.88 Å². The molecule has 148 valence electrons. The molecule has 1 aliphatic carbocycles. The maximum absolute atomic E-state index is 12.3. The highest BCUT2D eigenvalue weighted by Gasteiger charge is 2.53. The number of carboxylic acids is 1. The van der Waals surface area contributed by atoms with Crippen LogP contribution < -0.4 is 9.64 Å². The molecule has 0 unspecified atom stereocenters. The summed E-state index contributed by atoms with van der Waals surface area (Å²) in [5.41, 5.74) is 1.74. The van der Waals surface area contributed by atoms with Crippen LogP contribution >= 0.6 is 0 Å². The Morgan fingerprint density at radius 2 is 1.93 bits per heavy atom. The maximum atomic E-state index is 12.3. The van der Waals surface area contributed by atoms with Crippen LogP contribution in [0.3, 0.4) is 0 Å². The lowest BCUT2D eigenvalue weighted by Gasteiger charge is -2.22. The predicted molar refractivity (Wildman–Crippen MR) is 94.0 cm³/mol. The fraction of sp³-hybridized carbons (Fsp3) is 0.368. The van der Waals surface area contributed by atoms with E-state index in [0.717, 1.165) is 30.6 Å². The van der Waals surface area contributed by atoms with Gasteiger partial charge in [-0.15, -0.1) is 13.2 Å². The molecule has 0 bridgehead atoms. The SMILES string of the molecule is O=C(O)c1cc(CN2CN(c3ccc(OC(F)(F)F)cc3)CC23CC3)ccn1. The van der Waals surface area contributed by atoms with Crippen LogP contribution in [-0.4, -0.2) is 46.1 Å². The number of pyridine rings is 1. The highest BCUT2D eigenvalue weighted by atomic mass is 19.4. The van der Waals surface area contributed by atoms with Crippen LogP contribution in [0.15, 0.2) is 42.6 Å². The number of hydrogen-bond acceptors (Lipinski definition) is 5. The van der Waals surface area contributed by atoms with Gasteiger partial charge in [-0.1, -0.05) is 0 Å². The van der Waals surface area contributed by atoms with Gasteiger partial charge in [0, 0.05) is 30.5 Å². The third kappa shape index (κ3) is 3.89. The molecule has 1 aliphatic heterocycles. The van der Waals surface area contributed by atoms with Crippen molar-refractivity contribution in [2.45, 2.75) is 31.3 Å². The average molecular weight is 393 g/mol. The van der Waals surface area contributed by atoms with Crippen molar-refractivity contribution in [1.29, 1.82) is 0 Å². The number of carbonyl (C=O) groups is 1. The molecule has 28 heavy (non-hydrogen) atoms. The zero-order valence-electron chi connectivity index (χ0n) is 14.8. The molecule has 1 aromatic heterocycles. The minimum Gasteiger partial charge on any atom is -0.477 e. The lowest BCUT2D eigenvalue weighted by molar-refractivity contribution is -0.274. The Morgan fingerprint density at radius 3 is 2.54 bits per heavy atom. The molecule has 4 rings (SSSR count). The Balaban J connectivity index is 1.46. The number of rotatable bonds is 5. The van der Waals surface area contributed by atoms with Crippen LogP contribution in [0.4, 0.5) is 18.9 Å². The van der Waals surface area contributed by atoms with Crippen molar-refractivity contribution >= 4 is 11.7 Å². The molecular formula is C19H18F3N3O3. The van der Waals surface area contributed by atoms with Gasteiger partial charge in [0.25, 0.3) is 0 Å². The summed E-state index contributed by atoms with van der Waals surface area (Å²) in [5, 5.41) is 9.10. The second-order valence-electron chi connectivity index (χ2n) is 7.16. The Morgan fingerprint density at radius 1 is 1.21 bits per heavy atom. The van der Waals surface area contributed by atoms with E-state index in [1.807, 2.05) is 0 Å². The van der Waals surface area contributed by atoms with E-state index in [-0.39, 0.29) is 17.0 Å². The molecule has 2 fully saturated rings. The van der Waals surface area contributed by atoms with Crippen molar-refractivity contribution in [2.24, 2.45) is 0 Å². The van der Waals surface area contributed by atoms with Crippen LogP contribution in [-0.2, 0) is 6.54 Å². The van der Waals surface area contributed by atoms with E-state index < -0.39 is 12.3 Å². The van der Waals surface area contributed by atoms with Gasteiger partial charge >= 0.3 is 12.3 Å². The van der Waals surface area contributed by atoms with Gasteiger partial charge in [0.15, 0.2) is 0 Å². The Hall–Kier alpha value is -2.81. The first-order valence-electron chi connectivity index (χ1n) is 8.78. The van der Waals surface area contributed by atoms with Crippen LogP contribution in [0.1, 0.15) is 28.9 Å². The molecule has 1 spiro atoms. The summed E-state index contributed by atoms with van der Waals surface area (Å²) in [4.78, 5) is 19.4. The summed E-state index contributed by atoms with van der Waals surface area (Å²) in [6, 6.07) is 9.24. The summed E-state index contributed by atoms with van der Waals surface area (Å²) in [5.74, 6) is -1.31. The number of anilines is 1. The number of aromatic nitrogens is 1. The highest BCUT2D eigenvalue weighted by molar-refractivity contribution is 5.85. The van der Waals surface area contributed by atoms with Gasteiger partial charge < -0.3 is 14.7 Å². The zero-order valence-corrected chi connectivity index (χ0v) is 14.8. The van der Waals surface area contributed by atoms with Gasteiger partial charge in [-0.25, -0.2) is 9.78 Å². The van der Waals surface area contributed by atoms with Gasteiger partial charge in [-0.2, -0.15) is 0 Å². The number of aromatic carboxylic acids is 1. The monoisotopic (exact) mass is 393 g/mol. The lowest BCUT2D eigenvalue weighted by Crippen LogP contribution is -2.32. The first kappa shape index (κ1) is 18.5. The summed E-state index contributed by atoms with van der Waals surface area (Å²) >= 11 is 0. The molecule has 1 aromatic carbocycles. The van der Waals surface area contributed by atoms with Gasteiger partial charge in [0.05, 0.1) is 6.67 Å². The van der Waals surface area contributed by atoms with Crippen molar-refractivity contribution < 1.29 is 27.8 Å². The zero-order chi connectivity index (χ0) is 19.9. The first-order chi connectivity index (χ1) is 13.2. The molecule has 0 amide bonds. The second kappa shape index (κ2) is 6.66. The average Bonchev–Trinajstić information content (AvgIpc) is 3.32. The third-order valence-electron chi connectivity index (χ3n) is 5.18. The van der Waals surface area contributed by atoms with Crippen LogP contribution in [0.5, 0.6) is 5.75 Å². The number of hydrogen-bond donors (Lipinski definition) is 1. The lowest BCUT2D eigenvalue weighted by atomic mass is 10.2. The van der Waals surface area contributed by atoms with E-state index in [1.54, 1.807) is 24.3 Å². The highest BCUT2D eigenvalue weighted by Crippen LogP contribution is 2.47. The fourth-order valence-corrected chi connectivity index (χ4v) is 3.64. The van der Waals surface area contributed by atoms with Gasteiger partial charge in [-0.05, 0) is 54.8 Å². The second-order valence-corrected chi connectivity index (χ2v) is 7.16. The van der Waals surface area contributed by atoms with Crippen molar-refractivity contribution in [2.75, 3.05) is 18.1 Å². The molecule has 0 atom stereocenters. The molecule has 1 saturated carbocycles. The molecule has 2 aromatic rings. The smallest absolute Gasteiger partial charge is 0.477 e. The quantitative estimate of drug-likeness (QED) is 0.839.